The molecule has 1 aromatic heterocycles. The van der Waals surface area contributed by atoms with Gasteiger partial charge in [0.05, 0.1) is 16.6 Å². The lowest BCUT2D eigenvalue weighted by molar-refractivity contribution is 0.0696. The minimum absolute atomic E-state index is 0.0924. The first-order chi connectivity index (χ1) is 20.1. The van der Waals surface area contributed by atoms with Crippen LogP contribution >= 0.6 is 0 Å². The lowest BCUT2D eigenvalue weighted by Crippen LogP contribution is -2.16. The summed E-state index contributed by atoms with van der Waals surface area (Å²) >= 11 is 0. The number of hydrogen-bond donors (Lipinski definition) is 1. The molecule has 1 saturated heterocycles. The van der Waals surface area contributed by atoms with Crippen LogP contribution in [0.15, 0.2) is 97.1 Å². The van der Waals surface area contributed by atoms with E-state index in [1.165, 1.54) is 24.3 Å². The fourth-order valence-corrected chi connectivity index (χ4v) is 5.24. The van der Waals surface area contributed by atoms with Crippen LogP contribution in [0.5, 0.6) is 17.4 Å². The van der Waals surface area contributed by atoms with Crippen molar-refractivity contribution in [3.63, 3.8) is 0 Å². The second-order valence-electron chi connectivity index (χ2n) is 9.96. The van der Waals surface area contributed by atoms with Crippen molar-refractivity contribution >= 4 is 16.7 Å². The molecule has 0 spiro atoms. The number of carbonyl (C=O) groups is 1. The predicted octanol–water partition coefficient (Wildman–Crippen LogP) is 8.00. The summed E-state index contributed by atoms with van der Waals surface area (Å²) in [5.74, 6) is -0.0269. The molecular formula is C34H28FNO5. The van der Waals surface area contributed by atoms with Crippen LogP contribution in [0.2, 0.25) is 0 Å². The molecule has 6 rings (SSSR count). The van der Waals surface area contributed by atoms with Gasteiger partial charge in [0, 0.05) is 30.1 Å². The van der Waals surface area contributed by atoms with Crippen LogP contribution in [0.1, 0.15) is 40.4 Å². The van der Waals surface area contributed by atoms with Crippen LogP contribution in [-0.4, -0.2) is 29.3 Å². The molecule has 7 heteroatoms. The second-order valence-corrected chi connectivity index (χ2v) is 9.96. The van der Waals surface area contributed by atoms with Crippen molar-refractivity contribution in [2.24, 2.45) is 0 Å². The molecule has 0 atom stereocenters. The lowest BCUT2D eigenvalue weighted by atomic mass is 9.87. The second kappa shape index (κ2) is 11.8. The average Bonchev–Trinajstić information content (AvgIpc) is 3.01. The SMILES string of the molecule is O=C(O)c1cccc(Oc2nc(C3CCOCC3)c(-c3ccc(F)cc3)c3cccc(OCc4ccccc4)c23)c1. The van der Waals surface area contributed by atoms with E-state index in [9.17, 15) is 14.3 Å². The van der Waals surface area contributed by atoms with Gasteiger partial charge in [0.2, 0.25) is 5.88 Å². The average molecular weight is 550 g/mol. The summed E-state index contributed by atoms with van der Waals surface area (Å²) in [5, 5.41) is 11.0. The summed E-state index contributed by atoms with van der Waals surface area (Å²) < 4.78 is 32.3. The van der Waals surface area contributed by atoms with Gasteiger partial charge in [-0.3, -0.25) is 0 Å². The van der Waals surface area contributed by atoms with Gasteiger partial charge in [-0.25, -0.2) is 14.2 Å². The normalized spacial score (nSPS) is 13.7. The maximum atomic E-state index is 14.0. The number of hydrogen-bond acceptors (Lipinski definition) is 5. The van der Waals surface area contributed by atoms with Crippen LogP contribution in [0.25, 0.3) is 21.9 Å². The number of fused-ring (bicyclic) bond motifs is 1. The van der Waals surface area contributed by atoms with Crippen LogP contribution in [0.4, 0.5) is 4.39 Å². The van der Waals surface area contributed by atoms with Gasteiger partial charge < -0.3 is 19.3 Å². The van der Waals surface area contributed by atoms with E-state index in [0.29, 0.717) is 42.6 Å². The van der Waals surface area contributed by atoms with E-state index in [4.69, 9.17) is 19.2 Å². The largest absolute Gasteiger partial charge is 0.488 e. The van der Waals surface area contributed by atoms with Crippen LogP contribution in [0, 0.1) is 5.82 Å². The van der Waals surface area contributed by atoms with Gasteiger partial charge in [0.1, 0.15) is 23.9 Å². The van der Waals surface area contributed by atoms with Crippen LogP contribution < -0.4 is 9.47 Å². The van der Waals surface area contributed by atoms with Crippen LogP contribution in [-0.2, 0) is 11.3 Å². The van der Waals surface area contributed by atoms with Gasteiger partial charge in [-0.05, 0) is 60.4 Å². The number of carboxylic acids is 1. The fraction of sp³-hybridized carbons (Fsp3) is 0.176. The van der Waals surface area contributed by atoms with E-state index in [1.54, 1.807) is 24.3 Å². The number of aromatic carboxylic acids is 1. The Hall–Kier alpha value is -4.75. The molecule has 0 saturated carbocycles. The van der Waals surface area contributed by atoms with E-state index in [0.717, 1.165) is 40.6 Å². The van der Waals surface area contributed by atoms with Crippen molar-refractivity contribution in [1.82, 2.24) is 4.98 Å². The predicted molar refractivity (Wildman–Crippen MR) is 154 cm³/mol. The summed E-state index contributed by atoms with van der Waals surface area (Å²) in [5.41, 5.74) is 3.68. The van der Waals surface area contributed by atoms with Crippen molar-refractivity contribution in [3.8, 4) is 28.5 Å². The third kappa shape index (κ3) is 5.76. The maximum Gasteiger partial charge on any atom is 0.335 e. The summed E-state index contributed by atoms with van der Waals surface area (Å²) in [4.78, 5) is 16.8. The monoisotopic (exact) mass is 549 g/mol. The lowest BCUT2D eigenvalue weighted by Gasteiger charge is -2.26. The minimum Gasteiger partial charge on any atom is -0.488 e. The molecule has 0 unspecified atom stereocenters. The van der Waals surface area contributed by atoms with E-state index in [1.807, 2.05) is 48.5 Å². The first-order valence-electron chi connectivity index (χ1n) is 13.5. The molecule has 2 heterocycles. The van der Waals surface area contributed by atoms with E-state index < -0.39 is 5.97 Å². The number of carboxylic acid groups (broad SMARTS) is 1. The topological polar surface area (TPSA) is 77.9 Å². The molecule has 1 aliphatic rings. The molecule has 0 amide bonds. The van der Waals surface area contributed by atoms with Gasteiger partial charge in [-0.15, -0.1) is 0 Å². The molecular weight excluding hydrogens is 521 g/mol. The van der Waals surface area contributed by atoms with Gasteiger partial charge >= 0.3 is 5.97 Å². The zero-order valence-corrected chi connectivity index (χ0v) is 22.3. The summed E-state index contributed by atoms with van der Waals surface area (Å²) in [6, 6.07) is 28.4. The van der Waals surface area contributed by atoms with Crippen LogP contribution in [0.3, 0.4) is 0 Å². The van der Waals surface area contributed by atoms with Crippen molar-refractivity contribution in [2.75, 3.05) is 13.2 Å². The molecule has 41 heavy (non-hydrogen) atoms. The highest BCUT2D eigenvalue weighted by atomic mass is 19.1. The molecule has 0 radical (unpaired) electrons. The Morgan fingerprint density at radius 2 is 1.68 bits per heavy atom. The van der Waals surface area contributed by atoms with Crippen molar-refractivity contribution < 1.29 is 28.5 Å². The fourth-order valence-electron chi connectivity index (χ4n) is 5.24. The number of rotatable bonds is 8. The molecule has 6 nitrogen and oxygen atoms in total. The Morgan fingerprint density at radius 3 is 2.44 bits per heavy atom. The third-order valence-corrected chi connectivity index (χ3v) is 7.26. The van der Waals surface area contributed by atoms with Gasteiger partial charge in [0.15, 0.2) is 0 Å². The molecule has 0 aliphatic carbocycles. The molecule has 5 aromatic rings. The van der Waals surface area contributed by atoms with E-state index >= 15 is 0 Å². The van der Waals surface area contributed by atoms with Gasteiger partial charge in [-0.2, -0.15) is 0 Å². The molecule has 206 valence electrons. The highest BCUT2D eigenvalue weighted by Crippen LogP contribution is 2.45. The zero-order valence-electron chi connectivity index (χ0n) is 22.3. The highest BCUT2D eigenvalue weighted by Gasteiger charge is 2.27. The summed E-state index contributed by atoms with van der Waals surface area (Å²) in [6.45, 7) is 1.57. The Labute approximate surface area is 237 Å². The summed E-state index contributed by atoms with van der Waals surface area (Å²) in [7, 11) is 0. The smallest absolute Gasteiger partial charge is 0.335 e. The number of ether oxygens (including phenoxy) is 3. The number of halogens is 1. The summed E-state index contributed by atoms with van der Waals surface area (Å²) in [6.07, 6.45) is 1.57. The molecule has 0 bridgehead atoms. The number of pyridine rings is 1. The first kappa shape index (κ1) is 26.5. The third-order valence-electron chi connectivity index (χ3n) is 7.26. The Morgan fingerprint density at radius 1 is 0.927 bits per heavy atom. The molecule has 1 aliphatic heterocycles. The standard InChI is InChI=1S/C34H28FNO5/c35-26-14-12-23(13-15-26)30-28-10-5-11-29(40-21-22-6-2-1-3-7-22)31(28)33(36-32(30)24-16-18-39-19-17-24)41-27-9-4-8-25(20-27)34(37)38/h1-15,20,24H,16-19,21H2,(H,37,38). The Balaban J connectivity index is 1.56. The number of aromatic nitrogens is 1. The van der Waals surface area contributed by atoms with Gasteiger partial charge in [0.25, 0.3) is 0 Å². The molecule has 1 fully saturated rings. The van der Waals surface area contributed by atoms with E-state index in [2.05, 4.69) is 0 Å². The minimum atomic E-state index is -1.05. The molecule has 4 aromatic carbocycles. The maximum absolute atomic E-state index is 14.0. The Bertz CT molecular complexity index is 1680. The van der Waals surface area contributed by atoms with Crippen molar-refractivity contribution in [2.45, 2.75) is 25.4 Å². The zero-order chi connectivity index (χ0) is 28.2. The Kier molecular flexibility index (Phi) is 7.60. The first-order valence-corrected chi connectivity index (χ1v) is 13.5. The molecule has 1 N–H and O–H groups in total. The number of benzene rings is 4. The number of nitrogens with zero attached hydrogens (tertiary/aromatic N) is 1. The van der Waals surface area contributed by atoms with Crippen molar-refractivity contribution in [1.29, 1.82) is 0 Å². The van der Waals surface area contributed by atoms with Gasteiger partial charge in [-0.1, -0.05) is 60.7 Å². The van der Waals surface area contributed by atoms with Crippen molar-refractivity contribution in [3.05, 3.63) is 120 Å². The highest BCUT2D eigenvalue weighted by molar-refractivity contribution is 6.03. The van der Waals surface area contributed by atoms with E-state index in [-0.39, 0.29) is 17.3 Å². The quantitative estimate of drug-likeness (QED) is 0.211.